The van der Waals surface area contributed by atoms with Crippen LogP contribution in [0, 0.1) is 0 Å². The molecule has 2 atom stereocenters. The Bertz CT molecular complexity index is 432. The summed E-state index contributed by atoms with van der Waals surface area (Å²) in [5.74, 6) is 3.84. The number of hydrogen-bond donors (Lipinski definition) is 7. The average Bonchev–Trinajstić information content (AvgIpc) is 2.58. The second kappa shape index (κ2) is 15.3. The Kier molecular flexibility index (Phi) is 15.3. The van der Waals surface area contributed by atoms with Gasteiger partial charge in [0.25, 0.3) is 0 Å². The van der Waals surface area contributed by atoms with Gasteiger partial charge >= 0.3 is 5.97 Å². The summed E-state index contributed by atoms with van der Waals surface area (Å²) in [6, 6.07) is -1.97. The number of aliphatic carboxylic acids is 1. The van der Waals surface area contributed by atoms with Gasteiger partial charge in [0.05, 0.1) is 12.5 Å². The van der Waals surface area contributed by atoms with Crippen LogP contribution in [0.15, 0.2) is 11.9 Å². The number of carboxylic acids is 1. The third-order valence-electron chi connectivity index (χ3n) is 2.98. The fraction of sp³-hybridized carbons (Fsp3) is 0.643. The van der Waals surface area contributed by atoms with Gasteiger partial charge in [-0.25, -0.2) is 5.84 Å². The van der Waals surface area contributed by atoms with E-state index in [9.17, 15) is 14.4 Å². The molecule has 0 fully saturated rings. The number of aliphatic hydroxyl groups is 1. The Hall–Kier alpha value is -2.21. The van der Waals surface area contributed by atoms with E-state index in [1.165, 1.54) is 11.2 Å². The van der Waals surface area contributed by atoms with Crippen molar-refractivity contribution in [3.05, 3.63) is 11.9 Å². The minimum absolute atomic E-state index is 0.214. The third kappa shape index (κ3) is 13.9. The lowest BCUT2D eigenvalue weighted by atomic mass is 10.1. The summed E-state index contributed by atoms with van der Waals surface area (Å²) in [7, 11) is 1.00. The van der Waals surface area contributed by atoms with Crippen LogP contribution in [0.2, 0.25) is 0 Å². The molecule has 25 heavy (non-hydrogen) atoms. The number of carboxylic acid groups (broad SMARTS) is 1. The SMILES string of the molecule is CO.NC/C(N)=C/N(N)CCCCC(C=O)NC(=O)CC(N)C(=O)O. The minimum Gasteiger partial charge on any atom is -0.480 e. The van der Waals surface area contributed by atoms with Crippen LogP contribution in [-0.2, 0) is 14.4 Å². The molecular formula is C14H30N6O5. The number of nitrogens with two attached hydrogens (primary N) is 4. The van der Waals surface area contributed by atoms with Crippen molar-refractivity contribution in [2.75, 3.05) is 20.2 Å². The molecule has 0 aliphatic rings. The van der Waals surface area contributed by atoms with Crippen LogP contribution < -0.4 is 28.4 Å². The number of carbonyl (C=O) groups excluding carboxylic acids is 2. The van der Waals surface area contributed by atoms with Crippen molar-refractivity contribution < 1.29 is 24.6 Å². The lowest BCUT2D eigenvalue weighted by molar-refractivity contribution is -0.140. The molecule has 0 aromatic heterocycles. The van der Waals surface area contributed by atoms with Crippen molar-refractivity contribution in [3.8, 4) is 0 Å². The largest absolute Gasteiger partial charge is 0.480 e. The number of nitrogens with one attached hydrogen (secondary N) is 1. The number of nitrogens with zero attached hydrogens (tertiary/aromatic N) is 1. The second-order valence-corrected chi connectivity index (χ2v) is 5.10. The van der Waals surface area contributed by atoms with Crippen LogP contribution >= 0.6 is 0 Å². The van der Waals surface area contributed by atoms with Gasteiger partial charge in [0.15, 0.2) is 0 Å². The minimum atomic E-state index is -1.28. The molecule has 0 spiro atoms. The summed E-state index contributed by atoms with van der Waals surface area (Å²) in [4.78, 5) is 33.0. The highest BCUT2D eigenvalue weighted by molar-refractivity contribution is 5.85. The molecule has 146 valence electrons. The van der Waals surface area contributed by atoms with E-state index < -0.39 is 24.0 Å². The number of aliphatic hydroxyl groups excluding tert-OH is 1. The number of unbranched alkanes of at least 4 members (excludes halogenated alkanes) is 1. The van der Waals surface area contributed by atoms with Crippen LogP contribution in [0.3, 0.4) is 0 Å². The van der Waals surface area contributed by atoms with E-state index in [-0.39, 0.29) is 13.0 Å². The third-order valence-corrected chi connectivity index (χ3v) is 2.98. The second-order valence-electron chi connectivity index (χ2n) is 5.10. The van der Waals surface area contributed by atoms with Crippen LogP contribution in [0.5, 0.6) is 0 Å². The number of rotatable bonds is 12. The Labute approximate surface area is 147 Å². The maximum absolute atomic E-state index is 11.5. The number of amides is 1. The lowest BCUT2D eigenvalue weighted by Gasteiger charge is -2.16. The van der Waals surface area contributed by atoms with Crippen LogP contribution in [0.4, 0.5) is 0 Å². The first-order valence-electron chi connectivity index (χ1n) is 7.65. The predicted octanol–water partition coefficient (Wildman–Crippen LogP) is -2.81. The molecular weight excluding hydrogens is 332 g/mol. The molecule has 0 aliphatic carbocycles. The zero-order valence-corrected chi connectivity index (χ0v) is 14.4. The first-order chi connectivity index (χ1) is 11.8. The van der Waals surface area contributed by atoms with Crippen LogP contribution in [0.1, 0.15) is 25.7 Å². The normalized spacial score (nSPS) is 13.1. The standard InChI is InChI=1S/C13H26N6O4.CH4O/c14-6-9(15)7-19(17)4-2-1-3-10(8-20)18-12(21)5-11(16)13(22)23;1-2/h7-8,10-11H,1-6,14-17H2,(H,18,21)(H,22,23);2H,1H3/b9-7-;. The summed E-state index contributed by atoms with van der Waals surface area (Å²) in [5.41, 5.74) is 16.6. The highest BCUT2D eigenvalue weighted by Gasteiger charge is 2.18. The Morgan fingerprint density at radius 2 is 1.88 bits per heavy atom. The molecule has 0 radical (unpaired) electrons. The lowest BCUT2D eigenvalue weighted by Crippen LogP contribution is -2.41. The van der Waals surface area contributed by atoms with E-state index in [1.54, 1.807) is 0 Å². The summed E-state index contributed by atoms with van der Waals surface area (Å²) in [6.07, 6.45) is 3.50. The number of carbonyl (C=O) groups is 3. The molecule has 1 amide bonds. The van der Waals surface area contributed by atoms with Crippen molar-refractivity contribution in [3.63, 3.8) is 0 Å². The van der Waals surface area contributed by atoms with Crippen LogP contribution in [-0.4, -0.2) is 65.7 Å². The van der Waals surface area contributed by atoms with Gasteiger partial charge in [0.1, 0.15) is 12.3 Å². The van der Waals surface area contributed by atoms with E-state index in [4.69, 9.17) is 33.3 Å². The topological polar surface area (TPSA) is 211 Å². The van der Waals surface area contributed by atoms with Crippen molar-refractivity contribution in [2.24, 2.45) is 23.0 Å². The molecule has 11 N–H and O–H groups in total. The first kappa shape index (κ1) is 25.0. The van der Waals surface area contributed by atoms with Crippen molar-refractivity contribution in [2.45, 2.75) is 37.8 Å². The summed E-state index contributed by atoms with van der Waals surface area (Å²) in [5, 5.41) is 19.5. The van der Waals surface area contributed by atoms with E-state index in [0.717, 1.165) is 7.11 Å². The summed E-state index contributed by atoms with van der Waals surface area (Å²) < 4.78 is 0. The van der Waals surface area contributed by atoms with Crippen molar-refractivity contribution in [1.82, 2.24) is 10.3 Å². The monoisotopic (exact) mass is 362 g/mol. The quantitative estimate of drug-likeness (QED) is 0.0818. The van der Waals surface area contributed by atoms with Crippen LogP contribution in [0.25, 0.3) is 0 Å². The van der Waals surface area contributed by atoms with E-state index in [2.05, 4.69) is 5.32 Å². The van der Waals surface area contributed by atoms with E-state index >= 15 is 0 Å². The molecule has 0 heterocycles. The Balaban J connectivity index is 0. The summed E-state index contributed by atoms with van der Waals surface area (Å²) >= 11 is 0. The molecule has 11 heteroatoms. The summed E-state index contributed by atoms with van der Waals surface area (Å²) in [6.45, 7) is 0.732. The van der Waals surface area contributed by atoms with Gasteiger partial charge < -0.3 is 42.5 Å². The van der Waals surface area contributed by atoms with Gasteiger partial charge in [-0.1, -0.05) is 0 Å². The molecule has 0 saturated carbocycles. The molecule has 0 aromatic carbocycles. The van der Waals surface area contributed by atoms with Crippen molar-refractivity contribution in [1.29, 1.82) is 0 Å². The van der Waals surface area contributed by atoms with Gasteiger partial charge in [-0.3, -0.25) is 9.59 Å². The highest BCUT2D eigenvalue weighted by Crippen LogP contribution is 2.02. The zero-order valence-electron chi connectivity index (χ0n) is 14.4. The Morgan fingerprint density at radius 3 is 2.36 bits per heavy atom. The smallest absolute Gasteiger partial charge is 0.321 e. The maximum Gasteiger partial charge on any atom is 0.321 e. The molecule has 0 bridgehead atoms. The van der Waals surface area contributed by atoms with Gasteiger partial charge in [-0.2, -0.15) is 0 Å². The van der Waals surface area contributed by atoms with E-state index in [1.807, 2.05) is 0 Å². The number of aldehydes is 1. The fourth-order valence-electron chi connectivity index (χ4n) is 1.72. The molecule has 0 saturated heterocycles. The van der Waals surface area contributed by atoms with Gasteiger partial charge in [-0.05, 0) is 19.3 Å². The van der Waals surface area contributed by atoms with Gasteiger partial charge in [-0.15, -0.1) is 0 Å². The first-order valence-corrected chi connectivity index (χ1v) is 7.65. The molecule has 0 aromatic rings. The number of hydrazine groups is 1. The molecule has 2 unspecified atom stereocenters. The molecule has 0 rings (SSSR count). The van der Waals surface area contributed by atoms with Gasteiger partial charge in [0, 0.05) is 32.1 Å². The fourth-order valence-corrected chi connectivity index (χ4v) is 1.72. The van der Waals surface area contributed by atoms with Crippen molar-refractivity contribution >= 4 is 18.2 Å². The van der Waals surface area contributed by atoms with E-state index in [0.29, 0.717) is 37.8 Å². The molecule has 11 nitrogen and oxygen atoms in total. The number of hydrogen-bond acceptors (Lipinski definition) is 9. The predicted molar refractivity (Wildman–Crippen MR) is 92.4 cm³/mol. The average molecular weight is 362 g/mol. The zero-order chi connectivity index (χ0) is 19.8. The Morgan fingerprint density at radius 1 is 1.28 bits per heavy atom. The molecule has 0 aliphatic heterocycles. The maximum atomic E-state index is 11.5. The van der Waals surface area contributed by atoms with Gasteiger partial charge in [0.2, 0.25) is 5.91 Å². The highest BCUT2D eigenvalue weighted by atomic mass is 16.4.